The van der Waals surface area contributed by atoms with E-state index in [0.717, 1.165) is 6.42 Å². The molecule has 2 heterocycles. The van der Waals surface area contributed by atoms with Crippen molar-refractivity contribution in [1.82, 2.24) is 15.0 Å². The van der Waals surface area contributed by atoms with E-state index in [1.165, 1.54) is 5.56 Å². The van der Waals surface area contributed by atoms with Crippen molar-refractivity contribution in [2.24, 2.45) is 5.92 Å². The molecule has 0 N–H and O–H groups in total. The maximum atomic E-state index is 12.6. The molecule has 0 bridgehead atoms. The zero-order valence-electron chi connectivity index (χ0n) is 13.9. The Hall–Kier alpha value is -2.21. The van der Waals surface area contributed by atoms with Crippen LogP contribution < -0.4 is 0 Å². The third-order valence-electron chi connectivity index (χ3n) is 5.14. The summed E-state index contributed by atoms with van der Waals surface area (Å²) in [6.07, 6.45) is 0.988. The van der Waals surface area contributed by atoms with Gasteiger partial charge in [-0.05, 0) is 18.9 Å². The van der Waals surface area contributed by atoms with Crippen LogP contribution in [-0.2, 0) is 21.6 Å². The summed E-state index contributed by atoms with van der Waals surface area (Å²) in [5.74, 6) is 1.43. The first-order valence-electron chi connectivity index (χ1n) is 8.31. The van der Waals surface area contributed by atoms with E-state index in [1.807, 2.05) is 23.1 Å². The topological polar surface area (TPSA) is 68.5 Å². The number of amides is 1. The number of hydrogen-bond donors (Lipinski definition) is 0. The van der Waals surface area contributed by atoms with Crippen LogP contribution in [0.4, 0.5) is 0 Å². The number of benzene rings is 1. The number of ether oxygens (including phenoxy) is 1. The van der Waals surface area contributed by atoms with Gasteiger partial charge in [-0.2, -0.15) is 4.98 Å². The van der Waals surface area contributed by atoms with Gasteiger partial charge in [-0.25, -0.2) is 0 Å². The fourth-order valence-corrected chi connectivity index (χ4v) is 3.39. The van der Waals surface area contributed by atoms with E-state index in [9.17, 15) is 4.79 Å². The minimum absolute atomic E-state index is 0.00836. The highest BCUT2D eigenvalue weighted by Crippen LogP contribution is 2.55. The van der Waals surface area contributed by atoms with Gasteiger partial charge in [0.25, 0.3) is 5.89 Å². The highest BCUT2D eigenvalue weighted by Gasteiger charge is 2.57. The fourth-order valence-electron chi connectivity index (χ4n) is 3.39. The first-order valence-corrected chi connectivity index (χ1v) is 8.31. The predicted molar refractivity (Wildman–Crippen MR) is 86.1 cm³/mol. The number of likely N-dealkylation sites (tertiary alicyclic amines) is 1. The molecule has 1 saturated carbocycles. The van der Waals surface area contributed by atoms with E-state index in [-0.39, 0.29) is 23.3 Å². The van der Waals surface area contributed by atoms with Gasteiger partial charge in [-0.3, -0.25) is 4.79 Å². The van der Waals surface area contributed by atoms with Crippen LogP contribution >= 0.6 is 0 Å². The molecule has 6 heteroatoms. The van der Waals surface area contributed by atoms with Crippen molar-refractivity contribution in [2.75, 3.05) is 13.1 Å². The lowest BCUT2D eigenvalue weighted by Crippen LogP contribution is -2.55. The minimum atomic E-state index is -0.00836. The first-order chi connectivity index (χ1) is 11.6. The zero-order valence-corrected chi connectivity index (χ0v) is 13.9. The van der Waals surface area contributed by atoms with E-state index in [1.54, 1.807) is 6.92 Å². The van der Waals surface area contributed by atoms with E-state index in [2.05, 4.69) is 29.2 Å². The molecule has 0 unspecified atom stereocenters. The highest BCUT2D eigenvalue weighted by molar-refractivity contribution is 5.85. The lowest BCUT2D eigenvalue weighted by Gasteiger charge is -2.39. The monoisotopic (exact) mass is 327 g/mol. The Kier molecular flexibility index (Phi) is 3.64. The molecule has 1 saturated heterocycles. The number of nitrogens with zero attached hydrogens (tertiary/aromatic N) is 3. The fraction of sp³-hybridized carbons (Fsp3) is 0.500. The average Bonchev–Trinajstić information content (AvgIpc) is 3.08. The second-order valence-electron chi connectivity index (χ2n) is 6.95. The molecule has 1 amide bonds. The number of hydrogen-bond acceptors (Lipinski definition) is 5. The minimum Gasteiger partial charge on any atom is -0.365 e. The van der Waals surface area contributed by atoms with Gasteiger partial charge in [-0.1, -0.05) is 42.4 Å². The molecule has 2 aliphatic rings. The molecule has 1 aromatic carbocycles. The third kappa shape index (κ3) is 2.71. The summed E-state index contributed by atoms with van der Waals surface area (Å²) in [6, 6.07) is 10.3. The largest absolute Gasteiger partial charge is 0.365 e. The van der Waals surface area contributed by atoms with E-state index in [0.29, 0.717) is 31.4 Å². The maximum absolute atomic E-state index is 12.6. The molecule has 0 radical (unpaired) electrons. The van der Waals surface area contributed by atoms with Crippen molar-refractivity contribution in [1.29, 1.82) is 0 Å². The van der Waals surface area contributed by atoms with Crippen molar-refractivity contribution >= 4 is 5.91 Å². The molecule has 1 aliphatic heterocycles. The van der Waals surface area contributed by atoms with E-state index >= 15 is 0 Å². The molecule has 0 spiro atoms. The Labute approximate surface area is 140 Å². The van der Waals surface area contributed by atoms with Crippen LogP contribution in [-0.4, -0.2) is 40.1 Å². The number of rotatable bonds is 5. The Morgan fingerprint density at radius 1 is 1.38 bits per heavy atom. The van der Waals surface area contributed by atoms with Crippen LogP contribution in [0.3, 0.4) is 0 Å². The molecular weight excluding hydrogens is 306 g/mol. The average molecular weight is 327 g/mol. The first kappa shape index (κ1) is 15.3. The number of carbonyl (C=O) groups is 1. The second-order valence-corrected chi connectivity index (χ2v) is 6.95. The summed E-state index contributed by atoms with van der Waals surface area (Å²) in [4.78, 5) is 18.6. The molecule has 6 nitrogen and oxygen atoms in total. The van der Waals surface area contributed by atoms with Crippen LogP contribution in [0, 0.1) is 12.8 Å². The quantitative estimate of drug-likeness (QED) is 0.841. The van der Waals surface area contributed by atoms with Gasteiger partial charge < -0.3 is 14.2 Å². The molecule has 126 valence electrons. The van der Waals surface area contributed by atoms with Crippen LogP contribution in [0.1, 0.15) is 30.6 Å². The maximum Gasteiger partial charge on any atom is 0.252 e. The van der Waals surface area contributed by atoms with Crippen molar-refractivity contribution in [3.8, 4) is 0 Å². The van der Waals surface area contributed by atoms with Crippen LogP contribution in [0.25, 0.3) is 0 Å². The summed E-state index contributed by atoms with van der Waals surface area (Å²) in [6.45, 7) is 5.55. The van der Waals surface area contributed by atoms with Crippen molar-refractivity contribution in [2.45, 2.75) is 38.4 Å². The van der Waals surface area contributed by atoms with Crippen LogP contribution in [0.2, 0.25) is 0 Å². The molecule has 2 fully saturated rings. The van der Waals surface area contributed by atoms with Gasteiger partial charge in [0, 0.05) is 24.4 Å². The molecule has 1 aliphatic carbocycles. The molecule has 2 aromatic rings. The van der Waals surface area contributed by atoms with Crippen molar-refractivity contribution < 1.29 is 14.1 Å². The smallest absolute Gasteiger partial charge is 0.252 e. The van der Waals surface area contributed by atoms with E-state index < -0.39 is 0 Å². The van der Waals surface area contributed by atoms with Crippen LogP contribution in [0.5, 0.6) is 0 Å². The molecule has 2 atom stereocenters. The lowest BCUT2D eigenvalue weighted by atomic mass is 9.94. The Morgan fingerprint density at radius 3 is 2.79 bits per heavy atom. The van der Waals surface area contributed by atoms with Crippen molar-refractivity contribution in [3.63, 3.8) is 0 Å². The van der Waals surface area contributed by atoms with Gasteiger partial charge >= 0.3 is 0 Å². The van der Waals surface area contributed by atoms with Gasteiger partial charge in [0.05, 0.1) is 6.10 Å². The molecule has 24 heavy (non-hydrogen) atoms. The predicted octanol–water partition coefficient (Wildman–Crippen LogP) is 2.08. The Morgan fingerprint density at radius 2 is 2.12 bits per heavy atom. The summed E-state index contributed by atoms with van der Waals surface area (Å²) in [5, 5.41) is 3.73. The summed E-state index contributed by atoms with van der Waals surface area (Å²) < 4.78 is 10.7. The lowest BCUT2D eigenvalue weighted by molar-refractivity contribution is -0.148. The number of aryl methyl sites for hydroxylation is 1. The molecule has 1 aromatic heterocycles. The standard InChI is InChI=1S/C18H21N3O3/c1-12-19-16(24-20-12)11-23-14-9-21(10-14)17(22)15-8-18(15,2)13-6-4-3-5-7-13/h3-7,14-15H,8-11H2,1-2H3/t15-,18-/m0/s1. The third-order valence-corrected chi connectivity index (χ3v) is 5.14. The Bertz CT molecular complexity index is 739. The number of aromatic nitrogens is 2. The summed E-state index contributed by atoms with van der Waals surface area (Å²) in [5.41, 5.74) is 1.24. The number of carbonyl (C=O) groups excluding carboxylic acids is 1. The highest BCUT2D eigenvalue weighted by atomic mass is 16.5. The normalized spacial score (nSPS) is 26.2. The zero-order chi connectivity index (χ0) is 16.7. The Balaban J connectivity index is 1.26. The van der Waals surface area contributed by atoms with E-state index in [4.69, 9.17) is 9.26 Å². The van der Waals surface area contributed by atoms with Gasteiger partial charge in [-0.15, -0.1) is 0 Å². The van der Waals surface area contributed by atoms with Gasteiger partial charge in [0.2, 0.25) is 5.91 Å². The molecule has 4 rings (SSSR count). The van der Waals surface area contributed by atoms with Gasteiger partial charge in [0.15, 0.2) is 5.82 Å². The molecular formula is C18H21N3O3. The summed E-state index contributed by atoms with van der Waals surface area (Å²) in [7, 11) is 0. The second kappa shape index (κ2) is 5.70. The van der Waals surface area contributed by atoms with Crippen molar-refractivity contribution in [3.05, 3.63) is 47.6 Å². The van der Waals surface area contributed by atoms with Gasteiger partial charge in [0.1, 0.15) is 6.61 Å². The van der Waals surface area contributed by atoms with Crippen LogP contribution in [0.15, 0.2) is 34.9 Å². The summed E-state index contributed by atoms with van der Waals surface area (Å²) >= 11 is 0. The SMILES string of the molecule is Cc1noc(COC2CN(C(=O)[C@@H]3C[C@@]3(C)c3ccccc3)C2)n1.